The number of nitrogens with one attached hydrogen (secondary N) is 2. The molecule has 0 radical (unpaired) electrons. The van der Waals surface area contributed by atoms with E-state index in [2.05, 4.69) is 31.6 Å². The van der Waals surface area contributed by atoms with E-state index in [1.807, 2.05) is 48.5 Å². The molecule has 0 fully saturated rings. The number of ether oxygens (including phenoxy) is 1. The zero-order valence-electron chi connectivity index (χ0n) is 10.8. The highest BCUT2D eigenvalue weighted by Gasteiger charge is 2.09. The molecule has 5 heteroatoms. The maximum Gasteiger partial charge on any atom is 0.196 e. The lowest BCUT2D eigenvalue weighted by atomic mass is 10.3. The minimum atomic E-state index is 0.770. The molecule has 2 aromatic carbocycles. The van der Waals surface area contributed by atoms with Crippen LogP contribution in [0.2, 0.25) is 0 Å². The van der Waals surface area contributed by atoms with Gasteiger partial charge in [-0.25, -0.2) is 0 Å². The van der Waals surface area contributed by atoms with Gasteiger partial charge in [-0.2, -0.15) is 0 Å². The van der Waals surface area contributed by atoms with Crippen LogP contribution < -0.4 is 15.4 Å². The first-order chi connectivity index (χ1) is 9.81. The molecule has 4 nitrogen and oxygen atoms in total. The van der Waals surface area contributed by atoms with Crippen molar-refractivity contribution < 1.29 is 4.74 Å². The number of hydrogen-bond donors (Lipinski definition) is 2. The van der Waals surface area contributed by atoms with Crippen LogP contribution in [-0.4, -0.2) is 19.0 Å². The van der Waals surface area contributed by atoms with Crippen molar-refractivity contribution in [1.29, 1.82) is 0 Å². The zero-order chi connectivity index (χ0) is 13.8. The largest absolute Gasteiger partial charge is 0.455 e. The Balaban J connectivity index is 1.80. The van der Waals surface area contributed by atoms with E-state index in [1.54, 1.807) is 0 Å². The summed E-state index contributed by atoms with van der Waals surface area (Å²) in [6, 6.07) is 15.6. The van der Waals surface area contributed by atoms with E-state index in [-0.39, 0.29) is 0 Å². The molecular formula is C15H14BrN3O. The van der Waals surface area contributed by atoms with Gasteiger partial charge in [0.1, 0.15) is 5.75 Å². The molecule has 2 aromatic rings. The van der Waals surface area contributed by atoms with Crippen LogP contribution >= 0.6 is 15.9 Å². The Morgan fingerprint density at radius 2 is 1.90 bits per heavy atom. The van der Waals surface area contributed by atoms with Gasteiger partial charge in [0.15, 0.2) is 11.7 Å². The van der Waals surface area contributed by atoms with Crippen molar-refractivity contribution in [3.05, 3.63) is 53.0 Å². The number of aliphatic imine (C=N–C) groups is 1. The van der Waals surface area contributed by atoms with Gasteiger partial charge >= 0.3 is 0 Å². The molecule has 1 aliphatic rings. The summed E-state index contributed by atoms with van der Waals surface area (Å²) >= 11 is 3.41. The van der Waals surface area contributed by atoms with Crippen LogP contribution in [0.15, 0.2) is 58.0 Å². The molecule has 0 amide bonds. The number of para-hydroxylation sites is 2. The topological polar surface area (TPSA) is 45.6 Å². The molecule has 1 heterocycles. The van der Waals surface area contributed by atoms with Gasteiger partial charge in [0, 0.05) is 11.0 Å². The summed E-state index contributed by atoms with van der Waals surface area (Å²) in [5.41, 5.74) is 0.892. The summed E-state index contributed by atoms with van der Waals surface area (Å²) in [5, 5.41) is 6.43. The van der Waals surface area contributed by atoms with E-state index in [1.165, 1.54) is 0 Å². The number of halogens is 1. The monoisotopic (exact) mass is 331 g/mol. The molecule has 1 aliphatic heterocycles. The summed E-state index contributed by atoms with van der Waals surface area (Å²) in [6.07, 6.45) is 0. The van der Waals surface area contributed by atoms with Crippen molar-refractivity contribution in [3.63, 3.8) is 0 Å². The van der Waals surface area contributed by atoms with Crippen LogP contribution in [0.1, 0.15) is 0 Å². The van der Waals surface area contributed by atoms with Gasteiger partial charge in [0.05, 0.1) is 12.2 Å². The molecule has 0 aliphatic carbocycles. The van der Waals surface area contributed by atoms with Crippen molar-refractivity contribution in [1.82, 2.24) is 5.32 Å². The van der Waals surface area contributed by atoms with Crippen molar-refractivity contribution in [3.8, 4) is 11.5 Å². The highest BCUT2D eigenvalue weighted by molar-refractivity contribution is 9.10. The highest BCUT2D eigenvalue weighted by Crippen LogP contribution is 2.29. The van der Waals surface area contributed by atoms with Gasteiger partial charge < -0.3 is 15.4 Å². The Kier molecular flexibility index (Phi) is 3.87. The Morgan fingerprint density at radius 1 is 1.10 bits per heavy atom. The van der Waals surface area contributed by atoms with Crippen LogP contribution in [0.3, 0.4) is 0 Å². The number of guanidine groups is 1. The summed E-state index contributed by atoms with van der Waals surface area (Å²) < 4.78 is 6.94. The normalized spacial score (nSPS) is 13.6. The van der Waals surface area contributed by atoms with E-state index < -0.39 is 0 Å². The molecule has 0 saturated heterocycles. The van der Waals surface area contributed by atoms with Gasteiger partial charge in [0.2, 0.25) is 0 Å². The second-order valence-corrected chi connectivity index (χ2v) is 5.25. The SMILES string of the molecule is Brc1ccc(Oc2ccccc2NC2=NCCN2)cc1. The average Bonchev–Trinajstić information content (AvgIpc) is 2.96. The number of nitrogens with zero attached hydrogens (tertiary/aromatic N) is 1. The summed E-state index contributed by atoms with van der Waals surface area (Å²) in [4.78, 5) is 4.32. The maximum absolute atomic E-state index is 5.91. The Labute approximate surface area is 126 Å². The van der Waals surface area contributed by atoms with E-state index in [9.17, 15) is 0 Å². The lowest BCUT2D eigenvalue weighted by Gasteiger charge is -2.13. The third kappa shape index (κ3) is 3.11. The second-order valence-electron chi connectivity index (χ2n) is 4.33. The molecule has 20 heavy (non-hydrogen) atoms. The first kappa shape index (κ1) is 13.0. The van der Waals surface area contributed by atoms with Gasteiger partial charge in [-0.1, -0.05) is 28.1 Å². The molecule has 0 unspecified atom stereocenters. The third-order valence-electron chi connectivity index (χ3n) is 2.86. The fourth-order valence-electron chi connectivity index (χ4n) is 1.90. The van der Waals surface area contributed by atoms with Gasteiger partial charge in [0.25, 0.3) is 0 Å². The number of anilines is 1. The van der Waals surface area contributed by atoms with Crippen molar-refractivity contribution in [2.75, 3.05) is 18.4 Å². The molecule has 0 bridgehead atoms. The quantitative estimate of drug-likeness (QED) is 0.903. The zero-order valence-corrected chi connectivity index (χ0v) is 12.4. The first-order valence-corrected chi connectivity index (χ1v) is 7.18. The average molecular weight is 332 g/mol. The standard InChI is InChI=1S/C15H14BrN3O/c16-11-5-7-12(8-6-11)20-14-4-2-1-3-13(14)19-15-17-9-10-18-15/h1-8H,9-10H2,(H2,17,18,19). The fourth-order valence-corrected chi connectivity index (χ4v) is 2.16. The summed E-state index contributed by atoms with van der Waals surface area (Å²) in [5.74, 6) is 2.35. The van der Waals surface area contributed by atoms with E-state index in [0.29, 0.717) is 0 Å². The third-order valence-corrected chi connectivity index (χ3v) is 3.38. The van der Waals surface area contributed by atoms with Crippen LogP contribution in [-0.2, 0) is 0 Å². The minimum absolute atomic E-state index is 0.770. The molecule has 0 spiro atoms. The molecule has 0 atom stereocenters. The van der Waals surface area contributed by atoms with Crippen LogP contribution in [0.25, 0.3) is 0 Å². The predicted octanol–water partition coefficient (Wildman–Crippen LogP) is 3.61. The van der Waals surface area contributed by atoms with E-state index >= 15 is 0 Å². The van der Waals surface area contributed by atoms with Crippen molar-refractivity contribution in [2.45, 2.75) is 0 Å². The second kappa shape index (κ2) is 5.96. The van der Waals surface area contributed by atoms with E-state index in [0.717, 1.165) is 40.7 Å². The Bertz CT molecular complexity index is 625. The first-order valence-electron chi connectivity index (χ1n) is 6.39. The van der Waals surface area contributed by atoms with Crippen LogP contribution in [0, 0.1) is 0 Å². The molecule has 0 saturated carbocycles. The molecule has 2 N–H and O–H groups in total. The molecule has 102 valence electrons. The van der Waals surface area contributed by atoms with Crippen molar-refractivity contribution >= 4 is 27.6 Å². The lowest BCUT2D eigenvalue weighted by molar-refractivity contribution is 0.485. The molecule has 0 aromatic heterocycles. The van der Waals surface area contributed by atoms with Crippen molar-refractivity contribution in [2.24, 2.45) is 4.99 Å². The van der Waals surface area contributed by atoms with Crippen LogP contribution in [0.4, 0.5) is 5.69 Å². The number of rotatable bonds is 3. The Morgan fingerprint density at radius 3 is 2.65 bits per heavy atom. The lowest BCUT2D eigenvalue weighted by Crippen LogP contribution is -2.26. The minimum Gasteiger partial charge on any atom is -0.455 e. The predicted molar refractivity (Wildman–Crippen MR) is 84.6 cm³/mol. The van der Waals surface area contributed by atoms with E-state index in [4.69, 9.17) is 4.74 Å². The molecular weight excluding hydrogens is 318 g/mol. The smallest absolute Gasteiger partial charge is 0.196 e. The molecule has 3 rings (SSSR count). The van der Waals surface area contributed by atoms with Gasteiger partial charge in [-0.05, 0) is 36.4 Å². The fraction of sp³-hybridized carbons (Fsp3) is 0.133. The maximum atomic E-state index is 5.91. The van der Waals surface area contributed by atoms with Gasteiger partial charge in [-0.3, -0.25) is 4.99 Å². The Hall–Kier alpha value is -2.01. The van der Waals surface area contributed by atoms with Gasteiger partial charge in [-0.15, -0.1) is 0 Å². The number of hydrogen-bond acceptors (Lipinski definition) is 4. The summed E-state index contributed by atoms with van der Waals surface area (Å²) in [7, 11) is 0. The summed E-state index contributed by atoms with van der Waals surface area (Å²) in [6.45, 7) is 1.68. The number of benzene rings is 2. The highest BCUT2D eigenvalue weighted by atomic mass is 79.9. The van der Waals surface area contributed by atoms with Crippen LogP contribution in [0.5, 0.6) is 11.5 Å².